The minimum absolute atomic E-state index is 0.119. The Kier molecular flexibility index (Phi) is 19.9. The van der Waals surface area contributed by atoms with Gasteiger partial charge in [0, 0.05) is 47.8 Å². The molecular weight excluding hydrogens is 1510 g/mol. The first kappa shape index (κ1) is 70.1. The molecular formula is C76H60N22O8S5. The molecule has 0 saturated carbocycles. The molecule has 0 amide bonds. The van der Waals surface area contributed by atoms with Crippen LogP contribution in [0.25, 0.3) is 44.4 Å². The van der Waals surface area contributed by atoms with E-state index in [1.54, 1.807) is 89.0 Å². The van der Waals surface area contributed by atoms with E-state index in [0.717, 1.165) is 101 Å². The molecule has 8 aromatic carbocycles. The second-order valence-electron chi connectivity index (χ2n) is 25.7. The molecule has 35 heteroatoms. The highest BCUT2D eigenvalue weighted by Gasteiger charge is 2.21. The van der Waals surface area contributed by atoms with Gasteiger partial charge in [0.05, 0.1) is 84.2 Å². The molecule has 0 N–H and O–H groups in total. The largest absolute Gasteiger partial charge is 0.487 e. The summed E-state index contributed by atoms with van der Waals surface area (Å²) in [6, 6.07) is 56.2. The van der Waals surface area contributed by atoms with Crippen molar-refractivity contribution in [1.82, 2.24) is 110 Å². The van der Waals surface area contributed by atoms with E-state index < -0.39 is 9.84 Å². The van der Waals surface area contributed by atoms with Crippen molar-refractivity contribution in [2.24, 2.45) is 0 Å². The molecule has 18 aromatic rings. The van der Waals surface area contributed by atoms with Crippen molar-refractivity contribution in [2.75, 3.05) is 0 Å². The Bertz CT molecular complexity index is 5640. The molecule has 111 heavy (non-hydrogen) atoms. The van der Waals surface area contributed by atoms with Crippen molar-refractivity contribution in [1.29, 1.82) is 0 Å². The molecule has 10 aromatic heterocycles. The van der Waals surface area contributed by atoms with Crippen molar-refractivity contribution in [3.63, 3.8) is 0 Å². The highest BCUT2D eigenvalue weighted by molar-refractivity contribution is 7.99. The van der Waals surface area contributed by atoms with Gasteiger partial charge in [0.25, 0.3) is 20.9 Å². The number of para-hydroxylation sites is 8. The number of nitrogens with zero attached hydrogens (tertiary/aromatic N) is 22. The van der Waals surface area contributed by atoms with E-state index in [1.807, 2.05) is 146 Å². The fourth-order valence-corrected chi connectivity index (χ4v) is 16.3. The van der Waals surface area contributed by atoms with Gasteiger partial charge in [0.15, 0.2) is 22.3 Å². The van der Waals surface area contributed by atoms with Gasteiger partial charge >= 0.3 is 0 Å². The lowest BCUT2D eigenvalue weighted by Crippen LogP contribution is -2.06. The quantitative estimate of drug-likeness (QED) is 0.0353. The molecule has 0 aliphatic rings. The number of sulfone groups is 1. The maximum Gasteiger partial charge on any atom is 0.257 e. The van der Waals surface area contributed by atoms with E-state index in [2.05, 4.69) is 93.9 Å². The van der Waals surface area contributed by atoms with Crippen LogP contribution in [0.3, 0.4) is 0 Å². The lowest BCUT2D eigenvalue weighted by atomic mass is 10.1. The summed E-state index contributed by atoms with van der Waals surface area (Å²) < 4.78 is 75.1. The van der Waals surface area contributed by atoms with Gasteiger partial charge in [0.2, 0.25) is 9.84 Å². The van der Waals surface area contributed by atoms with Gasteiger partial charge in [-0.1, -0.05) is 163 Å². The summed E-state index contributed by atoms with van der Waals surface area (Å²) in [5.41, 5.74) is 15.7. The van der Waals surface area contributed by atoms with Crippen LogP contribution in [0.1, 0.15) is 67.5 Å². The molecule has 0 spiro atoms. The van der Waals surface area contributed by atoms with Gasteiger partial charge in [-0.3, -0.25) is 0 Å². The van der Waals surface area contributed by atoms with E-state index in [1.165, 1.54) is 47.0 Å². The fourth-order valence-electron chi connectivity index (χ4n) is 12.2. The molecule has 0 fully saturated rings. The van der Waals surface area contributed by atoms with Crippen LogP contribution >= 0.6 is 47.0 Å². The Morgan fingerprint density at radius 2 is 0.550 bits per heavy atom. The molecule has 0 saturated heterocycles. The Labute approximate surface area is 646 Å². The van der Waals surface area contributed by atoms with Crippen molar-refractivity contribution >= 4 is 101 Å². The van der Waals surface area contributed by atoms with Gasteiger partial charge in [-0.2, -0.15) is 0 Å². The van der Waals surface area contributed by atoms with E-state index in [-0.39, 0.29) is 23.0 Å². The average Bonchev–Trinajstić information content (AvgIpc) is 1.72. The summed E-state index contributed by atoms with van der Waals surface area (Å²) in [6.07, 6.45) is 11.2. The van der Waals surface area contributed by atoms with Crippen LogP contribution in [0.4, 0.5) is 0 Å². The van der Waals surface area contributed by atoms with Gasteiger partial charge in [-0.15, -0.1) is 30.6 Å². The number of aromatic nitrogens is 22. The third-order valence-electron chi connectivity index (χ3n) is 17.3. The molecule has 0 aliphatic carbocycles. The number of ether oxygens (including phenoxy) is 2. The second kappa shape index (κ2) is 31.6. The summed E-state index contributed by atoms with van der Waals surface area (Å²) in [4.78, 5) is 18.6. The number of rotatable bonds is 32. The van der Waals surface area contributed by atoms with Crippen molar-refractivity contribution < 1.29 is 35.6 Å². The lowest BCUT2D eigenvalue weighted by Gasteiger charge is -2.11. The molecule has 0 bridgehead atoms. The predicted molar refractivity (Wildman–Crippen MR) is 409 cm³/mol. The summed E-state index contributed by atoms with van der Waals surface area (Å²) in [6.45, 7) is 2.54. The van der Waals surface area contributed by atoms with E-state index in [4.69, 9.17) is 27.1 Å². The van der Waals surface area contributed by atoms with Crippen LogP contribution in [-0.4, -0.2) is 118 Å². The zero-order chi connectivity index (χ0) is 74.5. The van der Waals surface area contributed by atoms with E-state index >= 15 is 0 Å². The van der Waals surface area contributed by atoms with Crippen molar-refractivity contribution in [3.05, 3.63) is 287 Å². The number of benzene rings is 8. The Morgan fingerprint density at radius 1 is 0.297 bits per heavy atom. The third-order valence-corrected chi connectivity index (χ3v) is 22.6. The summed E-state index contributed by atoms with van der Waals surface area (Å²) >= 11 is 5.81. The monoisotopic (exact) mass is 1570 g/mol. The molecule has 10 heterocycles. The third kappa shape index (κ3) is 17.2. The number of oxazole rings is 4. The van der Waals surface area contributed by atoms with Crippen molar-refractivity contribution in [3.8, 4) is 11.5 Å². The van der Waals surface area contributed by atoms with Gasteiger partial charge in [0.1, 0.15) is 58.2 Å². The number of thioether (sulfide) groups is 4. The van der Waals surface area contributed by atoms with Crippen LogP contribution in [0.2, 0.25) is 0 Å². The van der Waals surface area contributed by atoms with Crippen LogP contribution in [0, 0.1) is 0 Å². The Balaban J connectivity index is 0.489. The predicted octanol–water partition coefficient (Wildman–Crippen LogP) is 13.3. The van der Waals surface area contributed by atoms with Crippen LogP contribution in [0.5, 0.6) is 11.5 Å². The second-order valence-corrected chi connectivity index (χ2v) is 31.4. The maximum absolute atomic E-state index is 14.1. The SMILES string of the molecule is O=S(=O)(c1ccc(Cn2cc(COc3cc(Cn4cc(CSc5nc6ccccc6o5)nn4)cc(Cn4cc(CSc5nc6ccccc6o5)nn4)c3)nn2)cc1)c1ccc(Cn2cc(COc3cc(Cn4cc(CSc5nc6ccccc6o5)nn4)cc(Cn4cc(CSc5nc6ccccc6o5)nn4)c3)nn2)cc1. The summed E-state index contributed by atoms with van der Waals surface area (Å²) in [7, 11) is -3.88. The summed E-state index contributed by atoms with van der Waals surface area (Å²) in [5.74, 6) is 3.29. The number of hydrogen-bond donors (Lipinski definition) is 0. The normalized spacial score (nSPS) is 11.9. The smallest absolute Gasteiger partial charge is 0.257 e. The zero-order valence-electron chi connectivity index (χ0n) is 58.4. The average molecular weight is 1570 g/mol. The highest BCUT2D eigenvalue weighted by Crippen LogP contribution is 2.32. The summed E-state index contributed by atoms with van der Waals surface area (Å²) in [5, 5.41) is 55.3. The van der Waals surface area contributed by atoms with E-state index in [0.29, 0.717) is 106 Å². The number of fused-ring (bicyclic) bond motifs is 4. The first-order valence-corrected chi connectivity index (χ1v) is 40.1. The van der Waals surface area contributed by atoms with Gasteiger partial charge < -0.3 is 27.1 Å². The first-order chi connectivity index (χ1) is 54.5. The van der Waals surface area contributed by atoms with Crippen LogP contribution in [0.15, 0.2) is 268 Å². The van der Waals surface area contributed by atoms with Gasteiger partial charge in [-0.25, -0.2) is 56.4 Å². The van der Waals surface area contributed by atoms with E-state index in [9.17, 15) is 8.42 Å². The lowest BCUT2D eigenvalue weighted by molar-refractivity contribution is 0.300. The molecule has 0 atom stereocenters. The van der Waals surface area contributed by atoms with Gasteiger partial charge in [-0.05, 0) is 130 Å². The standard InChI is InChI=1S/C76H60N22O8S5/c99-111(100,63-21-17-49(18-22-63)31-93-37-55(81-87-93)43-101-61-27-51(33-95-39-57(83-89-95)45-107-73-77-65-9-1-5-13-69(65)103-73)25-52(28-61)34-96-40-58(84-90-96)46-108-74-78-66-10-2-6-14-70(66)104-74)64-23-19-50(20-24-64)32-94-38-56(82-88-94)44-102-62-29-53(35-97-41-59(85-91-97)47-109-75-79-67-11-3-7-15-71(67)105-75)26-54(30-62)36-98-42-60(86-92-98)48-110-76-80-68-12-4-8-16-72(68)106-76/h1-30,37-42H,31-36,43-48H2. The maximum atomic E-state index is 14.1. The molecule has 0 aliphatic heterocycles. The topological polar surface area (TPSA) is 341 Å². The van der Waals surface area contributed by atoms with Crippen LogP contribution in [-0.2, 0) is 85.3 Å². The van der Waals surface area contributed by atoms with Crippen LogP contribution < -0.4 is 9.47 Å². The minimum Gasteiger partial charge on any atom is -0.487 e. The molecule has 0 radical (unpaired) electrons. The molecule has 0 unspecified atom stereocenters. The fraction of sp³-hybridized carbons (Fsp3) is 0.158. The number of hydrogen-bond acceptors (Lipinski definition) is 28. The zero-order valence-corrected chi connectivity index (χ0v) is 62.5. The molecule has 18 rings (SSSR count). The molecule has 552 valence electrons. The first-order valence-electron chi connectivity index (χ1n) is 34.7. The highest BCUT2D eigenvalue weighted by atomic mass is 32.2. The Morgan fingerprint density at radius 3 is 0.829 bits per heavy atom. The minimum atomic E-state index is -3.88. The van der Waals surface area contributed by atoms with Crippen molar-refractivity contribution in [2.45, 2.75) is 106 Å². The Hall–Kier alpha value is -12.6. The molecule has 30 nitrogen and oxygen atoms in total.